The summed E-state index contributed by atoms with van der Waals surface area (Å²) >= 11 is 0. The summed E-state index contributed by atoms with van der Waals surface area (Å²) in [6.07, 6.45) is 2.50. The van der Waals surface area contributed by atoms with Gasteiger partial charge in [-0.1, -0.05) is 20.8 Å². The lowest BCUT2D eigenvalue weighted by Crippen LogP contribution is -2.13. The van der Waals surface area contributed by atoms with Crippen LogP contribution >= 0.6 is 0 Å². The Labute approximate surface area is 68.9 Å². The van der Waals surface area contributed by atoms with Crippen LogP contribution < -0.4 is 0 Å². The fourth-order valence-corrected chi connectivity index (χ4v) is 1.23. The zero-order valence-corrected chi connectivity index (χ0v) is 7.67. The van der Waals surface area contributed by atoms with Gasteiger partial charge in [0, 0.05) is 6.42 Å². The molecule has 2 nitrogen and oxygen atoms in total. The standard InChI is InChI=1S/C9H18O2/c1-4-8-6-10-9(11-8)5-7(2)3/h7-9H,4-6H2,1-3H3. The molecule has 0 bridgehead atoms. The van der Waals surface area contributed by atoms with Crippen molar-refractivity contribution in [3.8, 4) is 0 Å². The number of ether oxygens (including phenoxy) is 2. The second kappa shape index (κ2) is 4.07. The summed E-state index contributed by atoms with van der Waals surface area (Å²) in [6.45, 7) is 7.29. The van der Waals surface area contributed by atoms with Gasteiger partial charge in [0.05, 0.1) is 12.7 Å². The minimum Gasteiger partial charge on any atom is -0.350 e. The molecule has 1 heterocycles. The van der Waals surface area contributed by atoms with Crippen molar-refractivity contribution < 1.29 is 9.47 Å². The van der Waals surface area contributed by atoms with Crippen molar-refractivity contribution in [1.82, 2.24) is 0 Å². The van der Waals surface area contributed by atoms with Crippen LogP contribution in [0.25, 0.3) is 0 Å². The second-order valence-corrected chi connectivity index (χ2v) is 3.56. The molecule has 2 unspecified atom stereocenters. The molecule has 1 aliphatic heterocycles. The van der Waals surface area contributed by atoms with E-state index >= 15 is 0 Å². The highest BCUT2D eigenvalue weighted by Crippen LogP contribution is 2.19. The normalized spacial score (nSPS) is 31.6. The predicted octanol–water partition coefficient (Wildman–Crippen LogP) is 2.18. The van der Waals surface area contributed by atoms with Gasteiger partial charge >= 0.3 is 0 Å². The molecule has 0 amide bonds. The first kappa shape index (κ1) is 9.01. The Bertz CT molecular complexity index is 112. The van der Waals surface area contributed by atoms with Crippen LogP contribution in [0.2, 0.25) is 0 Å². The summed E-state index contributed by atoms with van der Waals surface area (Å²) in [7, 11) is 0. The van der Waals surface area contributed by atoms with Crippen molar-refractivity contribution in [2.75, 3.05) is 6.61 Å². The van der Waals surface area contributed by atoms with Gasteiger partial charge in [0.1, 0.15) is 0 Å². The zero-order chi connectivity index (χ0) is 8.27. The van der Waals surface area contributed by atoms with Crippen molar-refractivity contribution in [2.45, 2.75) is 46.0 Å². The van der Waals surface area contributed by atoms with Gasteiger partial charge in [-0.2, -0.15) is 0 Å². The van der Waals surface area contributed by atoms with Crippen molar-refractivity contribution in [3.63, 3.8) is 0 Å². The molecule has 0 aromatic rings. The largest absolute Gasteiger partial charge is 0.350 e. The fourth-order valence-electron chi connectivity index (χ4n) is 1.23. The molecule has 0 N–H and O–H groups in total. The quantitative estimate of drug-likeness (QED) is 0.626. The van der Waals surface area contributed by atoms with Gasteiger partial charge in [0.25, 0.3) is 0 Å². The van der Waals surface area contributed by atoms with E-state index in [1.165, 1.54) is 0 Å². The first-order valence-electron chi connectivity index (χ1n) is 4.49. The van der Waals surface area contributed by atoms with Gasteiger partial charge in [-0.25, -0.2) is 0 Å². The van der Waals surface area contributed by atoms with E-state index in [1.54, 1.807) is 0 Å². The molecule has 0 radical (unpaired) electrons. The van der Waals surface area contributed by atoms with E-state index < -0.39 is 0 Å². The zero-order valence-electron chi connectivity index (χ0n) is 7.67. The highest BCUT2D eigenvalue weighted by atomic mass is 16.7. The molecule has 2 heteroatoms. The van der Waals surface area contributed by atoms with Crippen LogP contribution in [0, 0.1) is 5.92 Å². The SMILES string of the molecule is CCC1COC(CC(C)C)O1. The third-order valence-corrected chi connectivity index (χ3v) is 1.93. The third-order valence-electron chi connectivity index (χ3n) is 1.93. The molecule has 0 saturated carbocycles. The van der Waals surface area contributed by atoms with E-state index in [-0.39, 0.29) is 6.29 Å². The summed E-state index contributed by atoms with van der Waals surface area (Å²) in [6, 6.07) is 0. The molecule has 1 saturated heterocycles. The first-order valence-corrected chi connectivity index (χ1v) is 4.49. The van der Waals surface area contributed by atoms with E-state index in [2.05, 4.69) is 20.8 Å². The van der Waals surface area contributed by atoms with Gasteiger partial charge in [-0.15, -0.1) is 0 Å². The second-order valence-electron chi connectivity index (χ2n) is 3.56. The predicted molar refractivity (Wildman–Crippen MR) is 44.4 cm³/mol. The van der Waals surface area contributed by atoms with Crippen LogP contribution in [0.1, 0.15) is 33.6 Å². The Morgan fingerprint density at radius 3 is 2.64 bits per heavy atom. The third kappa shape index (κ3) is 2.80. The molecular weight excluding hydrogens is 140 g/mol. The minimum absolute atomic E-state index is 0.0694. The highest BCUT2D eigenvalue weighted by Gasteiger charge is 2.24. The molecule has 0 aromatic carbocycles. The molecule has 1 fully saturated rings. The first-order chi connectivity index (χ1) is 5.22. The number of rotatable bonds is 3. The summed E-state index contributed by atoms with van der Waals surface area (Å²) in [5, 5.41) is 0. The van der Waals surface area contributed by atoms with Crippen LogP contribution in [-0.2, 0) is 9.47 Å². The number of hydrogen-bond acceptors (Lipinski definition) is 2. The Hall–Kier alpha value is -0.0800. The Balaban J connectivity index is 2.19. The molecule has 1 aliphatic rings. The summed E-state index contributed by atoms with van der Waals surface area (Å²) in [5.74, 6) is 0.663. The van der Waals surface area contributed by atoms with Crippen LogP contribution in [-0.4, -0.2) is 19.0 Å². The Kier molecular flexibility index (Phi) is 3.34. The molecule has 0 aliphatic carbocycles. The van der Waals surface area contributed by atoms with Gasteiger partial charge in [0.2, 0.25) is 0 Å². The highest BCUT2D eigenvalue weighted by molar-refractivity contribution is 4.64. The topological polar surface area (TPSA) is 18.5 Å². The fraction of sp³-hybridized carbons (Fsp3) is 1.00. The summed E-state index contributed by atoms with van der Waals surface area (Å²) in [4.78, 5) is 0. The van der Waals surface area contributed by atoms with Crippen molar-refractivity contribution in [1.29, 1.82) is 0 Å². The maximum absolute atomic E-state index is 5.60. The van der Waals surface area contributed by atoms with Crippen LogP contribution in [0.5, 0.6) is 0 Å². The minimum atomic E-state index is 0.0694. The van der Waals surface area contributed by atoms with Gasteiger partial charge in [-0.3, -0.25) is 0 Å². The lowest BCUT2D eigenvalue weighted by molar-refractivity contribution is -0.0691. The van der Waals surface area contributed by atoms with Gasteiger partial charge in [-0.05, 0) is 12.3 Å². The average Bonchev–Trinajstić information content (AvgIpc) is 2.34. The maximum Gasteiger partial charge on any atom is 0.158 e. The molecule has 1 rings (SSSR count). The van der Waals surface area contributed by atoms with Gasteiger partial charge < -0.3 is 9.47 Å². The smallest absolute Gasteiger partial charge is 0.158 e. The average molecular weight is 158 g/mol. The molecule has 0 aromatic heterocycles. The Morgan fingerprint density at radius 2 is 2.18 bits per heavy atom. The summed E-state index contributed by atoms with van der Waals surface area (Å²) < 4.78 is 11.0. The molecule has 66 valence electrons. The van der Waals surface area contributed by atoms with Crippen molar-refractivity contribution >= 4 is 0 Å². The molecule has 11 heavy (non-hydrogen) atoms. The maximum atomic E-state index is 5.60. The van der Waals surface area contributed by atoms with Crippen molar-refractivity contribution in [2.24, 2.45) is 5.92 Å². The van der Waals surface area contributed by atoms with Gasteiger partial charge in [0.15, 0.2) is 6.29 Å². The van der Waals surface area contributed by atoms with Crippen molar-refractivity contribution in [3.05, 3.63) is 0 Å². The van der Waals surface area contributed by atoms with Crippen LogP contribution in [0.15, 0.2) is 0 Å². The lowest BCUT2D eigenvalue weighted by atomic mass is 10.1. The molecule has 0 spiro atoms. The van der Waals surface area contributed by atoms with E-state index in [0.29, 0.717) is 12.0 Å². The van der Waals surface area contributed by atoms with Crippen LogP contribution in [0.3, 0.4) is 0 Å². The lowest BCUT2D eigenvalue weighted by Gasteiger charge is -2.12. The number of hydrogen-bond donors (Lipinski definition) is 0. The molecular formula is C9H18O2. The Morgan fingerprint density at radius 1 is 1.45 bits per heavy atom. The van der Waals surface area contributed by atoms with Crippen LogP contribution in [0.4, 0.5) is 0 Å². The monoisotopic (exact) mass is 158 g/mol. The van der Waals surface area contributed by atoms with E-state index in [1.807, 2.05) is 0 Å². The van der Waals surface area contributed by atoms with E-state index in [4.69, 9.17) is 9.47 Å². The van der Waals surface area contributed by atoms with E-state index in [0.717, 1.165) is 19.4 Å². The summed E-state index contributed by atoms with van der Waals surface area (Å²) in [5.41, 5.74) is 0. The molecule has 2 atom stereocenters. The van der Waals surface area contributed by atoms with E-state index in [9.17, 15) is 0 Å².